The first-order chi connectivity index (χ1) is 8.61. The normalized spacial score (nSPS) is 9.32. The number of hydrogen-bond acceptors (Lipinski definition) is 3. The largest absolute Gasteiger partial charge is 0.352 e. The minimum Gasteiger partial charge on any atom is -0.352 e. The van der Waals surface area contributed by atoms with Crippen LogP contribution >= 0.6 is 12.4 Å². The fraction of sp³-hybridized carbons (Fsp3) is 0.333. The number of amides is 3. The van der Waals surface area contributed by atoms with Gasteiger partial charge in [0.25, 0.3) is 0 Å². The first-order valence-corrected chi connectivity index (χ1v) is 5.74. The van der Waals surface area contributed by atoms with Gasteiger partial charge in [-0.2, -0.15) is 0 Å². The zero-order chi connectivity index (χ0) is 13.4. The highest BCUT2D eigenvalue weighted by Gasteiger charge is 2.01. The molecule has 0 saturated heterocycles. The molecule has 7 heteroatoms. The molecule has 0 aromatic heterocycles. The van der Waals surface area contributed by atoms with E-state index < -0.39 is 6.03 Å². The van der Waals surface area contributed by atoms with Crippen molar-refractivity contribution in [2.45, 2.75) is 19.4 Å². The van der Waals surface area contributed by atoms with Gasteiger partial charge in [0.2, 0.25) is 5.91 Å². The van der Waals surface area contributed by atoms with Crippen LogP contribution in [-0.4, -0.2) is 18.5 Å². The third-order valence-corrected chi connectivity index (χ3v) is 2.31. The predicted octanol–water partition coefficient (Wildman–Crippen LogP) is 0.954. The number of benzene rings is 1. The Hall–Kier alpha value is -1.79. The lowest BCUT2D eigenvalue weighted by Crippen LogP contribution is -2.28. The molecule has 19 heavy (non-hydrogen) atoms. The number of carbonyl (C=O) groups is 2. The second kappa shape index (κ2) is 9.18. The van der Waals surface area contributed by atoms with E-state index in [0.29, 0.717) is 25.9 Å². The van der Waals surface area contributed by atoms with Crippen LogP contribution in [0, 0.1) is 0 Å². The number of primary amides is 1. The molecule has 0 radical (unpaired) electrons. The summed E-state index contributed by atoms with van der Waals surface area (Å²) in [5.74, 6) is -0.0524. The maximum Gasteiger partial charge on any atom is 0.312 e. The molecule has 6 nitrogen and oxygen atoms in total. The number of rotatable bonds is 6. The number of nitrogens with two attached hydrogens (primary N) is 2. The van der Waals surface area contributed by atoms with Gasteiger partial charge in [-0.15, -0.1) is 12.4 Å². The van der Waals surface area contributed by atoms with E-state index in [2.05, 4.69) is 10.6 Å². The first-order valence-electron chi connectivity index (χ1n) is 5.74. The zero-order valence-electron chi connectivity index (χ0n) is 10.5. The number of halogens is 1. The van der Waals surface area contributed by atoms with Gasteiger partial charge in [-0.1, -0.05) is 12.1 Å². The molecule has 0 aliphatic heterocycles. The van der Waals surface area contributed by atoms with Gasteiger partial charge in [0.15, 0.2) is 0 Å². The predicted molar refractivity (Wildman–Crippen MR) is 77.0 cm³/mol. The van der Waals surface area contributed by atoms with Crippen molar-refractivity contribution in [2.24, 2.45) is 11.5 Å². The van der Waals surface area contributed by atoms with Gasteiger partial charge >= 0.3 is 6.03 Å². The van der Waals surface area contributed by atoms with Crippen molar-refractivity contribution in [1.29, 1.82) is 0 Å². The van der Waals surface area contributed by atoms with Crippen LogP contribution in [0.25, 0.3) is 0 Å². The second-order valence-corrected chi connectivity index (χ2v) is 3.86. The lowest BCUT2D eigenvalue weighted by atomic mass is 10.2. The van der Waals surface area contributed by atoms with E-state index in [0.717, 1.165) is 11.3 Å². The van der Waals surface area contributed by atoms with Gasteiger partial charge in [-0.05, 0) is 30.7 Å². The van der Waals surface area contributed by atoms with Crippen LogP contribution in [0.15, 0.2) is 24.3 Å². The third kappa shape index (κ3) is 7.28. The molecule has 0 bridgehead atoms. The Morgan fingerprint density at radius 1 is 1.16 bits per heavy atom. The van der Waals surface area contributed by atoms with Gasteiger partial charge in [-0.3, -0.25) is 4.79 Å². The average molecular weight is 287 g/mol. The van der Waals surface area contributed by atoms with E-state index in [9.17, 15) is 9.59 Å². The fourth-order valence-corrected chi connectivity index (χ4v) is 1.38. The third-order valence-electron chi connectivity index (χ3n) is 2.31. The van der Waals surface area contributed by atoms with Crippen LogP contribution in [0.2, 0.25) is 0 Å². The van der Waals surface area contributed by atoms with Crippen molar-refractivity contribution >= 4 is 30.0 Å². The summed E-state index contributed by atoms with van der Waals surface area (Å²) in [5, 5.41) is 5.25. The van der Waals surface area contributed by atoms with Crippen LogP contribution in [0.5, 0.6) is 0 Å². The number of urea groups is 1. The summed E-state index contributed by atoms with van der Waals surface area (Å²) in [5.41, 5.74) is 11.9. The van der Waals surface area contributed by atoms with Crippen molar-refractivity contribution in [2.75, 3.05) is 11.9 Å². The SMILES string of the molecule is Cl.NCCCC(=O)Nc1ccc(CNC(N)=O)cc1. The minimum absolute atomic E-state index is 0. The van der Waals surface area contributed by atoms with E-state index in [-0.39, 0.29) is 18.3 Å². The standard InChI is InChI=1S/C12H18N4O2.ClH/c13-7-1-2-11(17)16-10-5-3-9(4-6-10)8-15-12(14)18;/h3-6H,1-2,7-8,13H2,(H,16,17)(H3,14,15,18);1H. The van der Waals surface area contributed by atoms with Crippen LogP contribution < -0.4 is 22.1 Å². The van der Waals surface area contributed by atoms with Gasteiger partial charge in [0.05, 0.1) is 0 Å². The Morgan fingerprint density at radius 3 is 2.32 bits per heavy atom. The zero-order valence-corrected chi connectivity index (χ0v) is 11.3. The summed E-state index contributed by atoms with van der Waals surface area (Å²) < 4.78 is 0. The smallest absolute Gasteiger partial charge is 0.312 e. The quantitative estimate of drug-likeness (QED) is 0.625. The Labute approximate surface area is 118 Å². The van der Waals surface area contributed by atoms with Crippen LogP contribution in [0.4, 0.5) is 10.5 Å². The highest BCUT2D eigenvalue weighted by Crippen LogP contribution is 2.10. The molecule has 0 aliphatic rings. The van der Waals surface area contributed by atoms with E-state index >= 15 is 0 Å². The lowest BCUT2D eigenvalue weighted by molar-refractivity contribution is -0.116. The second-order valence-electron chi connectivity index (χ2n) is 3.86. The summed E-state index contributed by atoms with van der Waals surface area (Å²) >= 11 is 0. The summed E-state index contributed by atoms with van der Waals surface area (Å²) in [6.45, 7) is 0.877. The number of carbonyl (C=O) groups excluding carboxylic acids is 2. The van der Waals surface area contributed by atoms with Crippen molar-refractivity contribution in [3.63, 3.8) is 0 Å². The van der Waals surface area contributed by atoms with Crippen molar-refractivity contribution in [1.82, 2.24) is 5.32 Å². The molecule has 0 saturated carbocycles. The summed E-state index contributed by atoms with van der Waals surface area (Å²) in [6.07, 6.45) is 1.09. The Kier molecular flexibility index (Phi) is 8.32. The first kappa shape index (κ1) is 17.2. The average Bonchev–Trinajstić information content (AvgIpc) is 2.35. The Morgan fingerprint density at radius 2 is 1.79 bits per heavy atom. The maximum atomic E-state index is 11.4. The molecular formula is C12H19ClN4O2. The van der Waals surface area contributed by atoms with Crippen LogP contribution in [0.3, 0.4) is 0 Å². The van der Waals surface area contributed by atoms with Gasteiger partial charge < -0.3 is 22.1 Å². The molecule has 6 N–H and O–H groups in total. The molecule has 0 spiro atoms. The molecule has 0 heterocycles. The van der Waals surface area contributed by atoms with Crippen molar-refractivity contribution in [3.8, 4) is 0 Å². The molecular weight excluding hydrogens is 268 g/mol. The highest BCUT2D eigenvalue weighted by atomic mass is 35.5. The molecule has 0 unspecified atom stereocenters. The molecule has 0 aliphatic carbocycles. The van der Waals surface area contributed by atoms with Crippen LogP contribution in [0.1, 0.15) is 18.4 Å². The number of nitrogens with one attached hydrogen (secondary N) is 2. The molecule has 1 rings (SSSR count). The molecule has 0 fully saturated rings. The molecule has 0 atom stereocenters. The topological polar surface area (TPSA) is 110 Å². The number of anilines is 1. The fourth-order valence-electron chi connectivity index (χ4n) is 1.38. The van der Waals surface area contributed by atoms with Crippen LogP contribution in [-0.2, 0) is 11.3 Å². The summed E-state index contributed by atoms with van der Waals surface area (Å²) in [4.78, 5) is 22.0. The Bertz CT molecular complexity index is 409. The lowest BCUT2D eigenvalue weighted by Gasteiger charge is -2.06. The van der Waals surface area contributed by atoms with Gasteiger partial charge in [0, 0.05) is 18.7 Å². The maximum absolute atomic E-state index is 11.4. The molecule has 106 valence electrons. The summed E-state index contributed by atoms with van der Waals surface area (Å²) in [7, 11) is 0. The highest BCUT2D eigenvalue weighted by molar-refractivity contribution is 5.90. The van der Waals surface area contributed by atoms with E-state index in [1.165, 1.54) is 0 Å². The molecule has 1 aromatic carbocycles. The van der Waals surface area contributed by atoms with Crippen molar-refractivity contribution in [3.05, 3.63) is 29.8 Å². The van der Waals surface area contributed by atoms with Gasteiger partial charge in [-0.25, -0.2) is 4.79 Å². The molecule has 3 amide bonds. The number of hydrogen-bond donors (Lipinski definition) is 4. The van der Waals surface area contributed by atoms with E-state index in [1.807, 2.05) is 12.1 Å². The van der Waals surface area contributed by atoms with E-state index in [4.69, 9.17) is 11.5 Å². The van der Waals surface area contributed by atoms with Gasteiger partial charge in [0.1, 0.15) is 0 Å². The summed E-state index contributed by atoms with van der Waals surface area (Å²) in [6, 6.07) is 6.62. The Balaban J connectivity index is 0.00000324. The van der Waals surface area contributed by atoms with E-state index in [1.54, 1.807) is 12.1 Å². The molecule has 1 aromatic rings. The minimum atomic E-state index is -0.561. The van der Waals surface area contributed by atoms with Crippen molar-refractivity contribution < 1.29 is 9.59 Å². The monoisotopic (exact) mass is 286 g/mol.